The summed E-state index contributed by atoms with van der Waals surface area (Å²) in [6.07, 6.45) is 1.75. The van der Waals surface area contributed by atoms with E-state index in [0.29, 0.717) is 13.2 Å². The quantitative estimate of drug-likeness (QED) is 0.755. The van der Waals surface area contributed by atoms with Crippen molar-refractivity contribution < 1.29 is 9.53 Å². The van der Waals surface area contributed by atoms with Crippen molar-refractivity contribution in [3.8, 4) is 5.75 Å². The average molecular weight is 312 g/mol. The van der Waals surface area contributed by atoms with Crippen LogP contribution in [0.25, 0.3) is 0 Å². The largest absolute Gasteiger partial charge is 0.493 e. The van der Waals surface area contributed by atoms with Crippen LogP contribution in [0, 0.1) is 6.92 Å². The number of rotatable bonds is 7. The molecule has 0 radical (unpaired) electrons. The van der Waals surface area contributed by atoms with Crippen molar-refractivity contribution in [1.29, 1.82) is 0 Å². The van der Waals surface area contributed by atoms with Crippen molar-refractivity contribution in [1.82, 2.24) is 5.32 Å². The van der Waals surface area contributed by atoms with Gasteiger partial charge >= 0.3 is 6.03 Å². The Morgan fingerprint density at radius 1 is 1.09 bits per heavy atom. The van der Waals surface area contributed by atoms with Crippen molar-refractivity contribution in [2.45, 2.75) is 26.7 Å². The third-order valence-electron chi connectivity index (χ3n) is 3.58. The van der Waals surface area contributed by atoms with E-state index in [2.05, 4.69) is 17.6 Å². The molecule has 0 aromatic heterocycles. The van der Waals surface area contributed by atoms with Gasteiger partial charge in [-0.15, -0.1) is 0 Å². The summed E-state index contributed by atoms with van der Waals surface area (Å²) in [7, 11) is 0. The zero-order valence-corrected chi connectivity index (χ0v) is 13.8. The summed E-state index contributed by atoms with van der Waals surface area (Å²) >= 11 is 0. The van der Waals surface area contributed by atoms with Crippen LogP contribution in [0.1, 0.15) is 24.5 Å². The van der Waals surface area contributed by atoms with E-state index in [-0.39, 0.29) is 6.03 Å². The van der Waals surface area contributed by atoms with Gasteiger partial charge in [-0.2, -0.15) is 0 Å². The first-order chi connectivity index (χ1) is 11.2. The van der Waals surface area contributed by atoms with Gasteiger partial charge in [-0.3, -0.25) is 0 Å². The van der Waals surface area contributed by atoms with E-state index in [4.69, 9.17) is 4.74 Å². The number of hydrogen-bond acceptors (Lipinski definition) is 2. The number of benzene rings is 2. The number of hydrogen-bond donors (Lipinski definition) is 2. The fraction of sp³-hybridized carbons (Fsp3) is 0.316. The summed E-state index contributed by atoms with van der Waals surface area (Å²) in [4.78, 5) is 11.8. The molecular weight excluding hydrogens is 288 g/mol. The molecule has 2 aromatic carbocycles. The Morgan fingerprint density at radius 3 is 2.52 bits per heavy atom. The monoisotopic (exact) mass is 312 g/mol. The Balaban J connectivity index is 1.64. The predicted molar refractivity (Wildman–Crippen MR) is 94.1 cm³/mol. The number of ether oxygens (including phenoxy) is 1. The van der Waals surface area contributed by atoms with Gasteiger partial charge in [-0.05, 0) is 49.1 Å². The van der Waals surface area contributed by atoms with Crippen LogP contribution in [0.3, 0.4) is 0 Å². The molecule has 0 atom stereocenters. The third kappa shape index (κ3) is 5.66. The van der Waals surface area contributed by atoms with Crippen LogP contribution < -0.4 is 15.4 Å². The van der Waals surface area contributed by atoms with Crippen LogP contribution in [0.4, 0.5) is 10.5 Å². The second-order valence-corrected chi connectivity index (χ2v) is 5.40. The lowest BCUT2D eigenvalue weighted by atomic mass is 10.1. The van der Waals surface area contributed by atoms with E-state index in [9.17, 15) is 4.79 Å². The molecule has 0 aliphatic carbocycles. The van der Waals surface area contributed by atoms with E-state index in [1.165, 1.54) is 5.56 Å². The summed E-state index contributed by atoms with van der Waals surface area (Å²) in [5.41, 5.74) is 3.17. The lowest BCUT2D eigenvalue weighted by Crippen LogP contribution is -2.30. The van der Waals surface area contributed by atoms with Gasteiger partial charge in [0.25, 0.3) is 0 Å². The van der Waals surface area contributed by atoms with E-state index < -0.39 is 0 Å². The average Bonchev–Trinajstić information content (AvgIpc) is 2.57. The highest BCUT2D eigenvalue weighted by atomic mass is 16.5. The standard InChI is InChI=1S/C19H24N2O2/c1-3-16-9-11-17(12-10-16)21-19(22)20-13-6-14-23-18-8-5-4-7-15(18)2/h4-5,7-12H,3,6,13-14H2,1-2H3,(H2,20,21,22). The van der Waals surface area contributed by atoms with E-state index >= 15 is 0 Å². The van der Waals surface area contributed by atoms with Crippen LogP contribution >= 0.6 is 0 Å². The number of amides is 2. The highest BCUT2D eigenvalue weighted by molar-refractivity contribution is 5.89. The third-order valence-corrected chi connectivity index (χ3v) is 3.58. The molecule has 2 amide bonds. The molecule has 2 N–H and O–H groups in total. The molecule has 0 fully saturated rings. The normalized spacial score (nSPS) is 10.2. The smallest absolute Gasteiger partial charge is 0.319 e. The van der Waals surface area contributed by atoms with Crippen LogP contribution in [-0.4, -0.2) is 19.2 Å². The minimum Gasteiger partial charge on any atom is -0.493 e. The van der Waals surface area contributed by atoms with Crippen LogP contribution in [0.5, 0.6) is 5.75 Å². The van der Waals surface area contributed by atoms with Gasteiger partial charge in [0.1, 0.15) is 5.75 Å². The Kier molecular flexibility index (Phi) is 6.48. The fourth-order valence-corrected chi connectivity index (χ4v) is 2.17. The number of carbonyl (C=O) groups excluding carboxylic acids is 1. The van der Waals surface area contributed by atoms with Crippen molar-refractivity contribution in [3.63, 3.8) is 0 Å². The molecule has 0 unspecified atom stereocenters. The van der Waals surface area contributed by atoms with Gasteiger partial charge in [0.2, 0.25) is 0 Å². The van der Waals surface area contributed by atoms with Gasteiger partial charge < -0.3 is 15.4 Å². The number of carbonyl (C=O) groups is 1. The summed E-state index contributed by atoms with van der Waals surface area (Å²) in [5.74, 6) is 0.896. The van der Waals surface area contributed by atoms with Crippen LogP contribution in [0.15, 0.2) is 48.5 Å². The molecule has 0 saturated carbocycles. The van der Waals surface area contributed by atoms with Gasteiger partial charge in [0.15, 0.2) is 0 Å². The van der Waals surface area contributed by atoms with Crippen LogP contribution in [-0.2, 0) is 6.42 Å². The Hall–Kier alpha value is -2.49. The molecule has 0 spiro atoms. The molecule has 0 aliphatic rings. The minimum absolute atomic E-state index is 0.190. The van der Waals surface area contributed by atoms with E-state index in [0.717, 1.165) is 29.8 Å². The zero-order valence-electron chi connectivity index (χ0n) is 13.8. The molecule has 4 nitrogen and oxygen atoms in total. The molecular formula is C19H24N2O2. The van der Waals surface area contributed by atoms with E-state index in [1.807, 2.05) is 55.5 Å². The Labute approximate surface area is 137 Å². The van der Waals surface area contributed by atoms with Crippen LogP contribution in [0.2, 0.25) is 0 Å². The maximum atomic E-state index is 11.8. The topological polar surface area (TPSA) is 50.4 Å². The molecule has 2 aromatic rings. The lowest BCUT2D eigenvalue weighted by Gasteiger charge is -2.10. The van der Waals surface area contributed by atoms with Crippen molar-refractivity contribution in [2.24, 2.45) is 0 Å². The molecule has 122 valence electrons. The van der Waals surface area contributed by atoms with E-state index in [1.54, 1.807) is 0 Å². The molecule has 4 heteroatoms. The van der Waals surface area contributed by atoms with Crippen molar-refractivity contribution in [2.75, 3.05) is 18.5 Å². The van der Waals surface area contributed by atoms with Gasteiger partial charge in [0, 0.05) is 12.2 Å². The first-order valence-electron chi connectivity index (χ1n) is 8.01. The molecule has 0 aliphatic heterocycles. The minimum atomic E-state index is -0.190. The fourth-order valence-electron chi connectivity index (χ4n) is 2.17. The molecule has 0 saturated heterocycles. The summed E-state index contributed by atoms with van der Waals surface area (Å²) in [5, 5.41) is 5.65. The molecule has 0 bridgehead atoms. The maximum Gasteiger partial charge on any atom is 0.319 e. The highest BCUT2D eigenvalue weighted by Crippen LogP contribution is 2.16. The maximum absolute atomic E-state index is 11.8. The molecule has 2 rings (SSSR count). The molecule has 0 heterocycles. The van der Waals surface area contributed by atoms with Gasteiger partial charge in [-0.1, -0.05) is 37.3 Å². The molecule has 23 heavy (non-hydrogen) atoms. The Morgan fingerprint density at radius 2 is 1.83 bits per heavy atom. The lowest BCUT2D eigenvalue weighted by molar-refractivity contribution is 0.250. The van der Waals surface area contributed by atoms with Crippen molar-refractivity contribution >= 4 is 11.7 Å². The predicted octanol–water partition coefficient (Wildman–Crippen LogP) is 4.15. The number of urea groups is 1. The van der Waals surface area contributed by atoms with Gasteiger partial charge in [0.05, 0.1) is 6.61 Å². The summed E-state index contributed by atoms with van der Waals surface area (Å²) < 4.78 is 5.69. The first-order valence-corrected chi connectivity index (χ1v) is 8.01. The Bertz CT molecular complexity index is 624. The summed E-state index contributed by atoms with van der Waals surface area (Å²) in [6, 6.07) is 15.6. The van der Waals surface area contributed by atoms with Gasteiger partial charge in [-0.25, -0.2) is 4.79 Å². The summed E-state index contributed by atoms with van der Waals surface area (Å²) in [6.45, 7) is 5.28. The SMILES string of the molecule is CCc1ccc(NC(=O)NCCCOc2ccccc2C)cc1. The van der Waals surface area contributed by atoms with Crippen molar-refractivity contribution in [3.05, 3.63) is 59.7 Å². The number of aryl methyl sites for hydroxylation is 2. The number of nitrogens with one attached hydrogen (secondary N) is 2. The second-order valence-electron chi connectivity index (χ2n) is 5.40. The zero-order chi connectivity index (χ0) is 16.5. The highest BCUT2D eigenvalue weighted by Gasteiger charge is 2.02. The number of anilines is 1. The number of para-hydroxylation sites is 1. The second kappa shape index (κ2) is 8.83. The first kappa shape index (κ1) is 16.9.